The van der Waals surface area contributed by atoms with Crippen molar-refractivity contribution >= 4 is 29.2 Å². The third-order valence-corrected chi connectivity index (χ3v) is 2.93. The topological polar surface area (TPSA) is 97.6 Å². The van der Waals surface area contributed by atoms with Crippen molar-refractivity contribution in [3.8, 4) is 0 Å². The molecule has 23 heavy (non-hydrogen) atoms. The van der Waals surface area contributed by atoms with Crippen molar-refractivity contribution in [2.45, 2.75) is 12.8 Å². The van der Waals surface area contributed by atoms with Gasteiger partial charge in [0.05, 0.1) is 19.8 Å². The Morgan fingerprint density at radius 2 is 1.78 bits per heavy atom. The summed E-state index contributed by atoms with van der Waals surface area (Å²) in [7, 11) is 1.27. The first kappa shape index (κ1) is 16.3. The zero-order valence-corrected chi connectivity index (χ0v) is 12.5. The fourth-order valence-corrected chi connectivity index (χ4v) is 1.82. The fourth-order valence-electron chi connectivity index (χ4n) is 1.82. The maximum atomic E-state index is 11.9. The normalized spacial score (nSPS) is 9.96. The highest BCUT2D eigenvalue weighted by Crippen LogP contribution is 2.16. The number of hydrogen-bond donors (Lipinski definition) is 2. The first-order valence-electron chi connectivity index (χ1n) is 6.90. The fraction of sp³-hybridized carbons (Fsp3) is 0.188. The van der Waals surface area contributed by atoms with Crippen LogP contribution in [0.2, 0.25) is 0 Å². The van der Waals surface area contributed by atoms with Gasteiger partial charge in [-0.05, 0) is 30.3 Å². The van der Waals surface area contributed by atoms with E-state index in [0.717, 1.165) is 0 Å². The van der Waals surface area contributed by atoms with Crippen molar-refractivity contribution in [2.75, 3.05) is 17.7 Å². The van der Waals surface area contributed by atoms with Gasteiger partial charge in [-0.1, -0.05) is 6.07 Å². The molecular formula is C16H16N2O5. The number of amides is 2. The Labute approximate surface area is 132 Å². The predicted molar refractivity (Wildman–Crippen MR) is 83.0 cm³/mol. The van der Waals surface area contributed by atoms with Crippen LogP contribution in [0.3, 0.4) is 0 Å². The van der Waals surface area contributed by atoms with E-state index in [0.29, 0.717) is 11.4 Å². The van der Waals surface area contributed by atoms with Crippen LogP contribution in [0.15, 0.2) is 47.1 Å². The average Bonchev–Trinajstić information content (AvgIpc) is 3.07. The van der Waals surface area contributed by atoms with Gasteiger partial charge < -0.3 is 19.8 Å². The quantitative estimate of drug-likeness (QED) is 0.798. The molecule has 2 amide bonds. The number of esters is 1. The number of carbonyl (C=O) groups excluding carboxylic acids is 3. The number of nitrogens with one attached hydrogen (secondary N) is 2. The van der Waals surface area contributed by atoms with Crippen molar-refractivity contribution in [3.63, 3.8) is 0 Å². The monoisotopic (exact) mass is 316 g/mol. The average molecular weight is 316 g/mol. The standard InChI is InChI=1S/C16H16N2O5/c1-22-15(20)8-7-14(19)17-11-4-2-5-12(10-11)18-16(21)13-6-3-9-23-13/h2-6,9-10H,7-8H2,1H3,(H,17,19)(H,18,21). The van der Waals surface area contributed by atoms with Crippen molar-refractivity contribution in [3.05, 3.63) is 48.4 Å². The molecule has 0 aliphatic heterocycles. The van der Waals surface area contributed by atoms with Gasteiger partial charge in [0, 0.05) is 17.8 Å². The summed E-state index contributed by atoms with van der Waals surface area (Å²) < 4.78 is 9.48. The van der Waals surface area contributed by atoms with E-state index < -0.39 is 5.97 Å². The van der Waals surface area contributed by atoms with E-state index in [1.54, 1.807) is 36.4 Å². The molecular weight excluding hydrogens is 300 g/mol. The molecule has 7 nitrogen and oxygen atoms in total. The van der Waals surface area contributed by atoms with Crippen LogP contribution in [-0.2, 0) is 14.3 Å². The summed E-state index contributed by atoms with van der Waals surface area (Å²) in [5, 5.41) is 5.31. The summed E-state index contributed by atoms with van der Waals surface area (Å²) in [5.74, 6) is -0.953. The largest absolute Gasteiger partial charge is 0.469 e. The van der Waals surface area contributed by atoms with Crippen LogP contribution in [0, 0.1) is 0 Å². The molecule has 0 fully saturated rings. The van der Waals surface area contributed by atoms with Crippen LogP contribution < -0.4 is 10.6 Å². The van der Waals surface area contributed by atoms with E-state index in [1.807, 2.05) is 0 Å². The van der Waals surface area contributed by atoms with Crippen molar-refractivity contribution in [2.24, 2.45) is 0 Å². The molecule has 0 spiro atoms. The summed E-state index contributed by atoms with van der Waals surface area (Å²) in [6.07, 6.45) is 1.44. The smallest absolute Gasteiger partial charge is 0.306 e. The highest BCUT2D eigenvalue weighted by molar-refractivity contribution is 6.02. The van der Waals surface area contributed by atoms with Crippen LogP contribution in [0.25, 0.3) is 0 Å². The summed E-state index contributed by atoms with van der Waals surface area (Å²) >= 11 is 0. The Balaban J connectivity index is 1.93. The second-order valence-electron chi connectivity index (χ2n) is 4.64. The molecule has 120 valence electrons. The van der Waals surface area contributed by atoms with Gasteiger partial charge in [-0.25, -0.2) is 0 Å². The molecule has 1 aromatic heterocycles. The van der Waals surface area contributed by atoms with Crippen molar-refractivity contribution in [1.82, 2.24) is 0 Å². The zero-order valence-electron chi connectivity index (χ0n) is 12.5. The van der Waals surface area contributed by atoms with Crippen LogP contribution in [0.5, 0.6) is 0 Å². The number of furan rings is 1. The summed E-state index contributed by atoms with van der Waals surface area (Å²) in [4.78, 5) is 34.6. The number of anilines is 2. The molecule has 7 heteroatoms. The SMILES string of the molecule is COC(=O)CCC(=O)Nc1cccc(NC(=O)c2ccco2)c1. The molecule has 2 aromatic rings. The lowest BCUT2D eigenvalue weighted by Crippen LogP contribution is -2.14. The zero-order chi connectivity index (χ0) is 16.7. The first-order valence-corrected chi connectivity index (χ1v) is 6.90. The van der Waals surface area contributed by atoms with E-state index in [-0.39, 0.29) is 30.4 Å². The second-order valence-corrected chi connectivity index (χ2v) is 4.64. The van der Waals surface area contributed by atoms with Gasteiger partial charge in [-0.3, -0.25) is 14.4 Å². The summed E-state index contributed by atoms with van der Waals surface area (Å²) in [6, 6.07) is 9.83. The number of rotatable bonds is 6. The van der Waals surface area contributed by atoms with Crippen molar-refractivity contribution in [1.29, 1.82) is 0 Å². The maximum Gasteiger partial charge on any atom is 0.306 e. The van der Waals surface area contributed by atoms with E-state index in [4.69, 9.17) is 4.42 Å². The van der Waals surface area contributed by atoms with Gasteiger partial charge in [-0.15, -0.1) is 0 Å². The highest BCUT2D eigenvalue weighted by Gasteiger charge is 2.10. The second kappa shape index (κ2) is 7.79. The van der Waals surface area contributed by atoms with Crippen LogP contribution in [0.1, 0.15) is 23.4 Å². The Kier molecular flexibility index (Phi) is 5.51. The number of hydrogen-bond acceptors (Lipinski definition) is 5. The molecule has 0 radical (unpaired) electrons. The minimum Gasteiger partial charge on any atom is -0.469 e. The van der Waals surface area contributed by atoms with E-state index in [9.17, 15) is 14.4 Å². The summed E-state index contributed by atoms with van der Waals surface area (Å²) in [6.45, 7) is 0. The Hall–Kier alpha value is -3.09. The lowest BCUT2D eigenvalue weighted by molar-refractivity contribution is -0.141. The minimum atomic E-state index is -0.445. The number of benzene rings is 1. The molecule has 1 heterocycles. The van der Waals surface area contributed by atoms with Crippen LogP contribution >= 0.6 is 0 Å². The van der Waals surface area contributed by atoms with E-state index in [2.05, 4.69) is 15.4 Å². The maximum absolute atomic E-state index is 11.9. The van der Waals surface area contributed by atoms with E-state index >= 15 is 0 Å². The molecule has 0 bridgehead atoms. The Bertz CT molecular complexity index is 694. The van der Waals surface area contributed by atoms with Gasteiger partial charge in [-0.2, -0.15) is 0 Å². The molecule has 0 atom stereocenters. The molecule has 1 aromatic carbocycles. The number of ether oxygens (including phenoxy) is 1. The lowest BCUT2D eigenvalue weighted by atomic mass is 10.2. The van der Waals surface area contributed by atoms with Gasteiger partial charge in [0.2, 0.25) is 5.91 Å². The Morgan fingerprint density at radius 1 is 1.04 bits per heavy atom. The third-order valence-electron chi connectivity index (χ3n) is 2.93. The molecule has 0 aliphatic carbocycles. The molecule has 2 N–H and O–H groups in total. The third kappa shape index (κ3) is 4.99. The van der Waals surface area contributed by atoms with Gasteiger partial charge in [0.15, 0.2) is 5.76 Å². The minimum absolute atomic E-state index is 0.0112. The van der Waals surface area contributed by atoms with Crippen LogP contribution in [-0.4, -0.2) is 24.9 Å². The molecule has 0 saturated heterocycles. The summed E-state index contributed by atoms with van der Waals surface area (Å²) in [5.41, 5.74) is 1.02. The van der Waals surface area contributed by atoms with Gasteiger partial charge in [0.25, 0.3) is 5.91 Å². The van der Waals surface area contributed by atoms with Gasteiger partial charge >= 0.3 is 5.97 Å². The van der Waals surface area contributed by atoms with Crippen LogP contribution in [0.4, 0.5) is 11.4 Å². The van der Waals surface area contributed by atoms with Crippen molar-refractivity contribution < 1.29 is 23.5 Å². The van der Waals surface area contributed by atoms with E-state index in [1.165, 1.54) is 13.4 Å². The predicted octanol–water partition coefficient (Wildman–Crippen LogP) is 2.42. The molecule has 0 aliphatic rings. The Morgan fingerprint density at radius 3 is 2.43 bits per heavy atom. The van der Waals surface area contributed by atoms with Gasteiger partial charge in [0.1, 0.15) is 0 Å². The number of carbonyl (C=O) groups is 3. The molecule has 0 unspecified atom stereocenters. The molecule has 0 saturated carbocycles. The number of methoxy groups -OCH3 is 1. The molecule has 2 rings (SSSR count). The highest BCUT2D eigenvalue weighted by atomic mass is 16.5. The first-order chi connectivity index (χ1) is 11.1. The lowest BCUT2D eigenvalue weighted by Gasteiger charge is -2.08.